The van der Waals surface area contributed by atoms with Gasteiger partial charge in [0.1, 0.15) is 5.75 Å². The lowest BCUT2D eigenvalue weighted by Crippen LogP contribution is -2.22. The SMILES string of the molecule is Cc1cccc(CNC2C3C4CCC(C4)C23)c1O. The fourth-order valence-corrected chi connectivity index (χ4v) is 4.69. The van der Waals surface area contributed by atoms with Crippen LogP contribution in [0.1, 0.15) is 30.4 Å². The summed E-state index contributed by atoms with van der Waals surface area (Å²) in [6.45, 7) is 2.79. The summed E-state index contributed by atoms with van der Waals surface area (Å²) in [7, 11) is 0. The Hall–Kier alpha value is -1.02. The average molecular weight is 243 g/mol. The lowest BCUT2D eigenvalue weighted by Gasteiger charge is -2.12. The Kier molecular flexibility index (Phi) is 2.25. The maximum absolute atomic E-state index is 10.0. The van der Waals surface area contributed by atoms with Crippen molar-refractivity contribution >= 4 is 0 Å². The van der Waals surface area contributed by atoms with Gasteiger partial charge in [-0.25, -0.2) is 0 Å². The number of fused-ring (bicyclic) bond motifs is 5. The van der Waals surface area contributed by atoms with Crippen molar-refractivity contribution in [1.82, 2.24) is 5.32 Å². The highest BCUT2D eigenvalue weighted by molar-refractivity contribution is 5.39. The normalized spacial score (nSPS) is 39.9. The Labute approximate surface area is 108 Å². The van der Waals surface area contributed by atoms with Gasteiger partial charge in [-0.15, -0.1) is 0 Å². The second-order valence-electron chi connectivity index (χ2n) is 6.48. The first-order valence-electron chi connectivity index (χ1n) is 7.26. The van der Waals surface area contributed by atoms with Crippen LogP contribution in [0, 0.1) is 30.6 Å². The Morgan fingerprint density at radius 3 is 2.67 bits per heavy atom. The number of para-hydroxylation sites is 1. The van der Waals surface area contributed by atoms with Crippen molar-refractivity contribution in [3.63, 3.8) is 0 Å². The molecule has 3 fully saturated rings. The number of nitrogens with one attached hydrogen (secondary N) is 1. The topological polar surface area (TPSA) is 32.3 Å². The third-order valence-corrected chi connectivity index (χ3v) is 5.58. The number of hydrogen-bond donors (Lipinski definition) is 2. The number of benzene rings is 1. The van der Waals surface area contributed by atoms with E-state index in [-0.39, 0.29) is 0 Å². The van der Waals surface area contributed by atoms with Gasteiger partial charge in [-0.3, -0.25) is 0 Å². The fraction of sp³-hybridized carbons (Fsp3) is 0.625. The summed E-state index contributed by atoms with van der Waals surface area (Å²) < 4.78 is 0. The van der Waals surface area contributed by atoms with Gasteiger partial charge < -0.3 is 10.4 Å². The van der Waals surface area contributed by atoms with E-state index in [1.807, 2.05) is 25.1 Å². The Balaban J connectivity index is 1.42. The van der Waals surface area contributed by atoms with Gasteiger partial charge in [0.15, 0.2) is 0 Å². The maximum Gasteiger partial charge on any atom is 0.122 e. The molecule has 0 spiro atoms. The molecular weight excluding hydrogens is 222 g/mol. The van der Waals surface area contributed by atoms with Crippen molar-refractivity contribution in [3.05, 3.63) is 29.3 Å². The number of hydrogen-bond acceptors (Lipinski definition) is 2. The molecule has 4 rings (SSSR count). The zero-order chi connectivity index (χ0) is 12.3. The molecule has 3 aliphatic rings. The molecule has 2 bridgehead atoms. The molecular formula is C16H21NO. The minimum Gasteiger partial charge on any atom is -0.507 e. The van der Waals surface area contributed by atoms with Crippen LogP contribution in [0.25, 0.3) is 0 Å². The quantitative estimate of drug-likeness (QED) is 0.855. The molecule has 1 aromatic carbocycles. The number of aryl methyl sites for hydroxylation is 1. The van der Waals surface area contributed by atoms with Gasteiger partial charge in [-0.2, -0.15) is 0 Å². The smallest absolute Gasteiger partial charge is 0.122 e. The second kappa shape index (κ2) is 3.74. The summed E-state index contributed by atoms with van der Waals surface area (Å²) in [6.07, 6.45) is 4.45. The molecule has 96 valence electrons. The summed E-state index contributed by atoms with van der Waals surface area (Å²) >= 11 is 0. The zero-order valence-electron chi connectivity index (χ0n) is 10.9. The third kappa shape index (κ3) is 1.45. The van der Waals surface area contributed by atoms with E-state index in [1.165, 1.54) is 19.3 Å². The van der Waals surface area contributed by atoms with Crippen LogP contribution in [0.5, 0.6) is 5.75 Å². The molecule has 4 unspecified atom stereocenters. The van der Waals surface area contributed by atoms with Gasteiger partial charge in [0, 0.05) is 18.2 Å². The largest absolute Gasteiger partial charge is 0.507 e. The Morgan fingerprint density at radius 1 is 1.22 bits per heavy atom. The molecule has 0 heterocycles. The summed E-state index contributed by atoms with van der Waals surface area (Å²) in [5.74, 6) is 4.44. The average Bonchev–Trinajstić information content (AvgIpc) is 2.77. The van der Waals surface area contributed by atoms with Gasteiger partial charge in [0.25, 0.3) is 0 Å². The first-order valence-corrected chi connectivity index (χ1v) is 7.26. The molecule has 2 nitrogen and oxygen atoms in total. The van der Waals surface area contributed by atoms with Crippen LogP contribution < -0.4 is 5.32 Å². The zero-order valence-corrected chi connectivity index (χ0v) is 10.9. The van der Waals surface area contributed by atoms with Crippen LogP contribution in [0.3, 0.4) is 0 Å². The summed E-state index contributed by atoms with van der Waals surface area (Å²) in [4.78, 5) is 0. The van der Waals surface area contributed by atoms with Crippen LogP contribution in [-0.4, -0.2) is 11.1 Å². The van der Waals surface area contributed by atoms with Gasteiger partial charge in [0.05, 0.1) is 0 Å². The molecule has 2 N–H and O–H groups in total. The number of aromatic hydroxyl groups is 1. The van der Waals surface area contributed by atoms with E-state index >= 15 is 0 Å². The van der Waals surface area contributed by atoms with Crippen molar-refractivity contribution in [3.8, 4) is 5.75 Å². The maximum atomic E-state index is 10.0. The highest BCUT2D eigenvalue weighted by Crippen LogP contribution is 2.65. The van der Waals surface area contributed by atoms with Crippen molar-refractivity contribution in [1.29, 1.82) is 0 Å². The van der Waals surface area contributed by atoms with E-state index < -0.39 is 0 Å². The van der Waals surface area contributed by atoms with Gasteiger partial charge >= 0.3 is 0 Å². The molecule has 3 saturated carbocycles. The minimum absolute atomic E-state index is 0.471. The molecule has 2 heteroatoms. The van der Waals surface area contributed by atoms with Crippen molar-refractivity contribution in [2.75, 3.05) is 0 Å². The van der Waals surface area contributed by atoms with E-state index in [4.69, 9.17) is 0 Å². The first-order chi connectivity index (χ1) is 8.75. The van der Waals surface area contributed by atoms with E-state index in [0.29, 0.717) is 5.75 Å². The number of phenolic OH excluding ortho intramolecular Hbond substituents is 1. The summed E-state index contributed by atoms with van der Waals surface area (Å²) in [5.41, 5.74) is 2.03. The molecule has 0 radical (unpaired) electrons. The molecule has 18 heavy (non-hydrogen) atoms. The van der Waals surface area contributed by atoms with Crippen LogP contribution in [-0.2, 0) is 6.54 Å². The van der Waals surface area contributed by atoms with E-state index in [0.717, 1.165) is 47.4 Å². The monoisotopic (exact) mass is 243 g/mol. The molecule has 0 aliphatic heterocycles. The summed E-state index contributed by atoms with van der Waals surface area (Å²) in [5, 5.41) is 13.7. The van der Waals surface area contributed by atoms with Crippen LogP contribution >= 0.6 is 0 Å². The fourth-order valence-electron chi connectivity index (χ4n) is 4.69. The van der Waals surface area contributed by atoms with Crippen LogP contribution in [0.15, 0.2) is 18.2 Å². The molecule has 3 aliphatic carbocycles. The highest BCUT2D eigenvalue weighted by atomic mass is 16.3. The predicted octanol–water partition coefficient (Wildman–Crippen LogP) is 2.83. The van der Waals surface area contributed by atoms with Crippen molar-refractivity contribution in [2.45, 2.75) is 38.8 Å². The van der Waals surface area contributed by atoms with E-state index in [1.54, 1.807) is 0 Å². The first kappa shape index (κ1) is 10.9. The molecule has 0 amide bonds. The molecule has 1 aromatic rings. The summed E-state index contributed by atoms with van der Waals surface area (Å²) in [6, 6.07) is 6.77. The lowest BCUT2D eigenvalue weighted by molar-refractivity contribution is 0.443. The lowest BCUT2D eigenvalue weighted by atomic mass is 10.0. The Morgan fingerprint density at radius 2 is 1.94 bits per heavy atom. The van der Waals surface area contributed by atoms with E-state index in [9.17, 15) is 5.11 Å². The predicted molar refractivity (Wildman–Crippen MR) is 71.3 cm³/mol. The minimum atomic E-state index is 0.471. The second-order valence-corrected chi connectivity index (χ2v) is 6.48. The Bertz CT molecular complexity index is 468. The van der Waals surface area contributed by atoms with Gasteiger partial charge in [0.2, 0.25) is 0 Å². The van der Waals surface area contributed by atoms with Gasteiger partial charge in [-0.05, 0) is 55.4 Å². The molecule has 4 atom stereocenters. The van der Waals surface area contributed by atoms with Crippen molar-refractivity contribution < 1.29 is 5.11 Å². The van der Waals surface area contributed by atoms with Crippen molar-refractivity contribution in [2.24, 2.45) is 23.7 Å². The van der Waals surface area contributed by atoms with Gasteiger partial charge in [-0.1, -0.05) is 18.2 Å². The highest BCUT2D eigenvalue weighted by Gasteiger charge is 2.64. The standard InChI is InChI=1S/C16H21NO/c1-9-3-2-4-12(16(9)18)8-17-15-13-10-5-6-11(7-10)14(13)15/h2-4,10-11,13-15,17-18H,5-8H2,1H3. The number of phenols is 1. The number of rotatable bonds is 3. The third-order valence-electron chi connectivity index (χ3n) is 5.58. The molecule has 0 saturated heterocycles. The van der Waals surface area contributed by atoms with Crippen LogP contribution in [0.2, 0.25) is 0 Å². The van der Waals surface area contributed by atoms with Crippen LogP contribution in [0.4, 0.5) is 0 Å². The molecule has 0 aromatic heterocycles. The van der Waals surface area contributed by atoms with E-state index in [2.05, 4.69) is 5.32 Å².